The fourth-order valence-corrected chi connectivity index (χ4v) is 2.87. The summed E-state index contributed by atoms with van der Waals surface area (Å²) < 4.78 is 16.1. The molecule has 1 aromatic carbocycles. The summed E-state index contributed by atoms with van der Waals surface area (Å²) in [6.07, 6.45) is -0.874. The molecule has 1 aliphatic heterocycles. The molecule has 1 amide bonds. The highest BCUT2D eigenvalue weighted by molar-refractivity contribution is 5.87. The van der Waals surface area contributed by atoms with Gasteiger partial charge in [0.2, 0.25) is 0 Å². The highest BCUT2D eigenvalue weighted by atomic mass is 16.6. The van der Waals surface area contributed by atoms with E-state index >= 15 is 0 Å². The lowest BCUT2D eigenvalue weighted by Crippen LogP contribution is -2.59. The van der Waals surface area contributed by atoms with Crippen molar-refractivity contribution in [3.05, 3.63) is 35.9 Å². The lowest BCUT2D eigenvalue weighted by Gasteiger charge is -2.36. The van der Waals surface area contributed by atoms with E-state index in [4.69, 9.17) is 14.2 Å². The van der Waals surface area contributed by atoms with E-state index in [1.165, 1.54) is 12.0 Å². The van der Waals surface area contributed by atoms with E-state index in [2.05, 4.69) is 0 Å². The molecule has 0 unspecified atom stereocenters. The van der Waals surface area contributed by atoms with E-state index in [1.807, 2.05) is 30.3 Å². The highest BCUT2D eigenvalue weighted by Gasteiger charge is 2.56. The summed E-state index contributed by atoms with van der Waals surface area (Å²) in [7, 11) is 1.31. The number of hydrogen-bond donors (Lipinski definition) is 0. The first-order chi connectivity index (χ1) is 11.2. The molecule has 6 nitrogen and oxygen atoms in total. The molecule has 1 heterocycles. The second-order valence-corrected chi connectivity index (χ2v) is 6.95. The van der Waals surface area contributed by atoms with Crippen LogP contribution in [0.1, 0.15) is 33.3 Å². The van der Waals surface area contributed by atoms with Crippen molar-refractivity contribution in [2.45, 2.75) is 51.5 Å². The van der Waals surface area contributed by atoms with Crippen LogP contribution >= 0.6 is 0 Å². The van der Waals surface area contributed by atoms with Crippen LogP contribution in [0.2, 0.25) is 0 Å². The standard InChI is InChI=1S/C18H25NO5/c1-13-19(16(21)24-17(2,3)4)18(12-23-13,15(20)22-5)11-14-9-7-6-8-10-14/h6-10,13H,11-12H2,1-5H3/t13-,18+/m0/s1. The monoisotopic (exact) mass is 335 g/mol. The van der Waals surface area contributed by atoms with E-state index in [1.54, 1.807) is 27.7 Å². The third-order valence-corrected chi connectivity index (χ3v) is 3.88. The Morgan fingerprint density at radius 1 is 1.29 bits per heavy atom. The van der Waals surface area contributed by atoms with Gasteiger partial charge in [-0.1, -0.05) is 30.3 Å². The average Bonchev–Trinajstić information content (AvgIpc) is 2.83. The molecule has 0 bridgehead atoms. The molecule has 2 rings (SSSR count). The summed E-state index contributed by atoms with van der Waals surface area (Å²) in [6.45, 7) is 7.13. The minimum atomic E-state index is -1.24. The molecule has 0 saturated carbocycles. The van der Waals surface area contributed by atoms with E-state index in [0.29, 0.717) is 6.42 Å². The predicted molar refractivity (Wildman–Crippen MR) is 88.4 cm³/mol. The van der Waals surface area contributed by atoms with Crippen LogP contribution in [0, 0.1) is 0 Å². The van der Waals surface area contributed by atoms with Gasteiger partial charge >= 0.3 is 12.1 Å². The molecular weight excluding hydrogens is 310 g/mol. The van der Waals surface area contributed by atoms with Gasteiger partial charge in [-0.15, -0.1) is 0 Å². The van der Waals surface area contributed by atoms with Crippen LogP contribution in [0.4, 0.5) is 4.79 Å². The first-order valence-electron chi connectivity index (χ1n) is 7.96. The molecule has 1 aromatic rings. The van der Waals surface area contributed by atoms with Crippen molar-refractivity contribution in [3.8, 4) is 0 Å². The number of esters is 1. The molecular formula is C18H25NO5. The Hall–Kier alpha value is -2.08. The summed E-state index contributed by atoms with van der Waals surface area (Å²) in [5.41, 5.74) is -1.000. The molecule has 2 atom stereocenters. The van der Waals surface area contributed by atoms with Crippen molar-refractivity contribution in [2.24, 2.45) is 0 Å². The summed E-state index contributed by atoms with van der Waals surface area (Å²) >= 11 is 0. The van der Waals surface area contributed by atoms with E-state index in [0.717, 1.165) is 5.56 Å². The fraction of sp³-hybridized carbons (Fsp3) is 0.556. The Bertz CT molecular complexity index is 595. The van der Waals surface area contributed by atoms with Crippen molar-refractivity contribution >= 4 is 12.1 Å². The number of ether oxygens (including phenoxy) is 3. The van der Waals surface area contributed by atoms with Gasteiger partial charge in [-0.25, -0.2) is 9.59 Å². The first kappa shape index (κ1) is 18.3. The quantitative estimate of drug-likeness (QED) is 0.795. The molecule has 0 aliphatic carbocycles. The number of nitrogens with zero attached hydrogens (tertiary/aromatic N) is 1. The Morgan fingerprint density at radius 3 is 2.46 bits per heavy atom. The topological polar surface area (TPSA) is 65.1 Å². The minimum Gasteiger partial charge on any atom is -0.467 e. The van der Waals surface area contributed by atoms with Crippen LogP contribution in [0.3, 0.4) is 0 Å². The molecule has 1 saturated heterocycles. The van der Waals surface area contributed by atoms with Gasteiger partial charge in [0.15, 0.2) is 5.54 Å². The molecule has 24 heavy (non-hydrogen) atoms. The number of carbonyl (C=O) groups excluding carboxylic acids is 2. The normalized spacial score (nSPS) is 23.9. The minimum absolute atomic E-state index is 0.0645. The van der Waals surface area contributed by atoms with Crippen LogP contribution in [-0.4, -0.2) is 48.0 Å². The van der Waals surface area contributed by atoms with Crippen LogP contribution in [0.5, 0.6) is 0 Å². The number of carbonyl (C=O) groups is 2. The molecule has 1 fully saturated rings. The Labute approximate surface area is 142 Å². The highest BCUT2D eigenvalue weighted by Crippen LogP contribution is 2.34. The van der Waals surface area contributed by atoms with Gasteiger partial charge < -0.3 is 14.2 Å². The molecule has 1 aliphatic rings. The maximum absolute atomic E-state index is 12.7. The molecule has 0 aromatic heterocycles. The number of amides is 1. The van der Waals surface area contributed by atoms with Gasteiger partial charge in [-0.2, -0.15) is 0 Å². The van der Waals surface area contributed by atoms with Crippen LogP contribution in [-0.2, 0) is 25.4 Å². The molecule has 0 spiro atoms. The predicted octanol–water partition coefficient (Wildman–Crippen LogP) is 2.75. The maximum atomic E-state index is 12.7. The maximum Gasteiger partial charge on any atom is 0.413 e. The summed E-state index contributed by atoms with van der Waals surface area (Å²) in [5.74, 6) is -0.512. The summed E-state index contributed by atoms with van der Waals surface area (Å²) in [4.78, 5) is 26.7. The SMILES string of the molecule is COC(=O)[C@@]1(Cc2ccccc2)CO[C@@H](C)N1C(=O)OC(C)(C)C. The number of rotatable bonds is 3. The Morgan fingerprint density at radius 2 is 1.92 bits per heavy atom. The van der Waals surface area contributed by atoms with Crippen molar-refractivity contribution in [1.29, 1.82) is 0 Å². The van der Waals surface area contributed by atoms with Gasteiger partial charge in [-0.3, -0.25) is 4.90 Å². The second-order valence-electron chi connectivity index (χ2n) is 6.95. The molecule has 132 valence electrons. The van der Waals surface area contributed by atoms with Crippen molar-refractivity contribution in [1.82, 2.24) is 4.90 Å². The van der Waals surface area contributed by atoms with Crippen molar-refractivity contribution in [2.75, 3.05) is 13.7 Å². The number of benzene rings is 1. The van der Waals surface area contributed by atoms with Crippen LogP contribution in [0.25, 0.3) is 0 Å². The molecule has 0 radical (unpaired) electrons. The van der Waals surface area contributed by atoms with Gasteiger partial charge in [0.25, 0.3) is 0 Å². The Balaban J connectivity index is 2.40. The third-order valence-electron chi connectivity index (χ3n) is 3.88. The number of hydrogen-bond acceptors (Lipinski definition) is 5. The molecule has 6 heteroatoms. The Kier molecular flexibility index (Phi) is 5.18. The van der Waals surface area contributed by atoms with Crippen molar-refractivity contribution < 1.29 is 23.8 Å². The van der Waals surface area contributed by atoms with Gasteiger partial charge in [0.1, 0.15) is 11.8 Å². The zero-order chi connectivity index (χ0) is 18.0. The van der Waals surface area contributed by atoms with E-state index in [-0.39, 0.29) is 6.61 Å². The van der Waals surface area contributed by atoms with Crippen LogP contribution < -0.4 is 0 Å². The lowest BCUT2D eigenvalue weighted by molar-refractivity contribution is -0.153. The largest absolute Gasteiger partial charge is 0.467 e. The average molecular weight is 335 g/mol. The lowest BCUT2D eigenvalue weighted by atomic mass is 9.90. The summed E-state index contributed by atoms with van der Waals surface area (Å²) in [6, 6.07) is 9.48. The van der Waals surface area contributed by atoms with Gasteiger partial charge in [-0.05, 0) is 33.3 Å². The fourth-order valence-electron chi connectivity index (χ4n) is 2.87. The van der Waals surface area contributed by atoms with Crippen LogP contribution in [0.15, 0.2) is 30.3 Å². The number of methoxy groups -OCH3 is 1. The second kappa shape index (κ2) is 6.81. The zero-order valence-corrected chi connectivity index (χ0v) is 14.9. The smallest absolute Gasteiger partial charge is 0.413 e. The third kappa shape index (κ3) is 3.70. The first-order valence-corrected chi connectivity index (χ1v) is 7.96. The zero-order valence-electron chi connectivity index (χ0n) is 14.9. The van der Waals surface area contributed by atoms with E-state index in [9.17, 15) is 9.59 Å². The van der Waals surface area contributed by atoms with Crippen molar-refractivity contribution in [3.63, 3.8) is 0 Å². The summed E-state index contributed by atoms with van der Waals surface area (Å²) in [5, 5.41) is 0. The van der Waals surface area contributed by atoms with Gasteiger partial charge in [0, 0.05) is 6.42 Å². The van der Waals surface area contributed by atoms with E-state index < -0.39 is 29.4 Å². The molecule has 0 N–H and O–H groups in total. The van der Waals surface area contributed by atoms with Gasteiger partial charge in [0.05, 0.1) is 13.7 Å².